The van der Waals surface area contributed by atoms with Crippen molar-refractivity contribution >= 4 is 23.3 Å². The Kier molecular flexibility index (Phi) is 3.97. The molecule has 0 radical (unpaired) electrons. The molecule has 0 aromatic heterocycles. The summed E-state index contributed by atoms with van der Waals surface area (Å²) in [6.45, 7) is 1.14. The van der Waals surface area contributed by atoms with E-state index >= 15 is 0 Å². The number of nitrogens with one attached hydrogen (secondary N) is 2. The number of anilines is 1. The van der Waals surface area contributed by atoms with Crippen molar-refractivity contribution in [2.24, 2.45) is 0 Å². The molecular formula is C16H15ClN2O2. The smallest absolute Gasteiger partial charge is 0.319 e. The SMILES string of the molecule is O=C(NCC1COc2ccccc21)Nc1ccc(Cl)cc1. The van der Waals surface area contributed by atoms with Crippen molar-refractivity contribution < 1.29 is 9.53 Å². The van der Waals surface area contributed by atoms with Gasteiger partial charge in [0.2, 0.25) is 0 Å². The van der Waals surface area contributed by atoms with Crippen LogP contribution in [0.4, 0.5) is 10.5 Å². The third-order valence-electron chi connectivity index (χ3n) is 3.41. The number of hydrogen-bond acceptors (Lipinski definition) is 2. The second kappa shape index (κ2) is 6.06. The highest BCUT2D eigenvalue weighted by atomic mass is 35.5. The van der Waals surface area contributed by atoms with Gasteiger partial charge in [0.1, 0.15) is 5.75 Å². The van der Waals surface area contributed by atoms with Crippen molar-refractivity contribution in [1.29, 1.82) is 0 Å². The van der Waals surface area contributed by atoms with Crippen molar-refractivity contribution in [3.8, 4) is 5.75 Å². The number of rotatable bonds is 3. The predicted octanol–water partition coefficient (Wildman–Crippen LogP) is 3.64. The Balaban J connectivity index is 1.54. The molecule has 2 N–H and O–H groups in total. The average molecular weight is 303 g/mol. The number of carbonyl (C=O) groups excluding carboxylic acids is 1. The summed E-state index contributed by atoms with van der Waals surface area (Å²) in [4.78, 5) is 11.9. The van der Waals surface area contributed by atoms with E-state index in [2.05, 4.69) is 10.6 Å². The largest absolute Gasteiger partial charge is 0.493 e. The molecule has 0 saturated heterocycles. The summed E-state index contributed by atoms with van der Waals surface area (Å²) in [7, 11) is 0. The van der Waals surface area contributed by atoms with E-state index in [1.54, 1.807) is 24.3 Å². The fraction of sp³-hybridized carbons (Fsp3) is 0.188. The molecule has 1 atom stereocenters. The molecule has 2 aromatic rings. The van der Waals surface area contributed by atoms with Gasteiger partial charge in [-0.25, -0.2) is 4.79 Å². The lowest BCUT2D eigenvalue weighted by Crippen LogP contribution is -2.32. The zero-order valence-electron chi connectivity index (χ0n) is 11.3. The number of halogens is 1. The minimum Gasteiger partial charge on any atom is -0.493 e. The molecule has 2 aromatic carbocycles. The molecule has 1 unspecified atom stereocenters. The van der Waals surface area contributed by atoms with Crippen LogP contribution in [0, 0.1) is 0 Å². The first-order valence-corrected chi connectivity index (χ1v) is 7.12. The lowest BCUT2D eigenvalue weighted by Gasteiger charge is -2.11. The third-order valence-corrected chi connectivity index (χ3v) is 3.66. The Morgan fingerprint density at radius 2 is 1.95 bits per heavy atom. The van der Waals surface area contributed by atoms with Gasteiger partial charge in [0.05, 0.1) is 6.61 Å². The molecule has 2 amide bonds. The molecule has 3 rings (SSSR count). The number of amides is 2. The van der Waals surface area contributed by atoms with E-state index in [-0.39, 0.29) is 11.9 Å². The molecule has 0 aliphatic carbocycles. The number of para-hydroxylation sites is 1. The highest BCUT2D eigenvalue weighted by Gasteiger charge is 2.23. The maximum Gasteiger partial charge on any atom is 0.319 e. The van der Waals surface area contributed by atoms with Crippen molar-refractivity contribution in [1.82, 2.24) is 5.32 Å². The van der Waals surface area contributed by atoms with Crippen molar-refractivity contribution in [2.75, 3.05) is 18.5 Å². The summed E-state index contributed by atoms with van der Waals surface area (Å²) in [6.07, 6.45) is 0. The zero-order chi connectivity index (χ0) is 14.7. The van der Waals surface area contributed by atoms with Crippen LogP contribution in [0.15, 0.2) is 48.5 Å². The maximum absolute atomic E-state index is 11.9. The van der Waals surface area contributed by atoms with Crippen molar-refractivity contribution in [3.63, 3.8) is 0 Å². The molecule has 0 fully saturated rings. The molecule has 0 spiro atoms. The molecule has 1 aliphatic rings. The summed E-state index contributed by atoms with van der Waals surface area (Å²) >= 11 is 5.80. The number of urea groups is 1. The van der Waals surface area contributed by atoms with Gasteiger partial charge in [-0.15, -0.1) is 0 Å². The molecule has 108 valence electrons. The van der Waals surface area contributed by atoms with Gasteiger partial charge in [-0.3, -0.25) is 0 Å². The van der Waals surface area contributed by atoms with Crippen LogP contribution in [-0.4, -0.2) is 19.2 Å². The van der Waals surface area contributed by atoms with E-state index < -0.39 is 0 Å². The van der Waals surface area contributed by atoms with Gasteiger partial charge in [0.15, 0.2) is 0 Å². The Morgan fingerprint density at radius 3 is 2.76 bits per heavy atom. The van der Waals surface area contributed by atoms with E-state index in [0.717, 1.165) is 11.3 Å². The number of benzene rings is 2. The lowest BCUT2D eigenvalue weighted by atomic mass is 10.0. The lowest BCUT2D eigenvalue weighted by molar-refractivity contribution is 0.250. The van der Waals surface area contributed by atoms with Crippen LogP contribution in [0.5, 0.6) is 5.75 Å². The van der Waals surface area contributed by atoms with Crippen molar-refractivity contribution in [2.45, 2.75) is 5.92 Å². The van der Waals surface area contributed by atoms with E-state index in [0.29, 0.717) is 23.9 Å². The van der Waals surface area contributed by atoms with Crippen molar-refractivity contribution in [3.05, 3.63) is 59.1 Å². The van der Waals surface area contributed by atoms with Gasteiger partial charge in [-0.2, -0.15) is 0 Å². The standard InChI is InChI=1S/C16H15ClN2O2/c17-12-5-7-13(8-6-12)19-16(20)18-9-11-10-21-15-4-2-1-3-14(11)15/h1-8,11H,9-10H2,(H2,18,19,20). The second-order valence-corrected chi connectivity index (χ2v) is 5.32. The van der Waals surface area contributed by atoms with E-state index in [9.17, 15) is 4.79 Å². The summed E-state index contributed by atoms with van der Waals surface area (Å²) in [5.41, 5.74) is 1.85. The monoisotopic (exact) mass is 302 g/mol. The first kappa shape index (κ1) is 13.8. The van der Waals surface area contributed by atoms with Gasteiger partial charge < -0.3 is 15.4 Å². The molecule has 21 heavy (non-hydrogen) atoms. The normalized spacial score (nSPS) is 16.0. The molecule has 1 aliphatic heterocycles. The topological polar surface area (TPSA) is 50.4 Å². The fourth-order valence-electron chi connectivity index (χ4n) is 2.32. The first-order valence-electron chi connectivity index (χ1n) is 6.74. The number of fused-ring (bicyclic) bond motifs is 1. The van der Waals surface area contributed by atoms with E-state index in [4.69, 9.17) is 16.3 Å². The highest BCUT2D eigenvalue weighted by molar-refractivity contribution is 6.30. The average Bonchev–Trinajstić information content (AvgIpc) is 2.91. The number of hydrogen-bond donors (Lipinski definition) is 2. The van der Waals surface area contributed by atoms with E-state index in [1.165, 1.54) is 0 Å². The molecule has 4 nitrogen and oxygen atoms in total. The molecule has 1 heterocycles. The van der Waals surface area contributed by atoms with Gasteiger partial charge in [0, 0.05) is 28.7 Å². The third kappa shape index (κ3) is 3.28. The van der Waals surface area contributed by atoms with E-state index in [1.807, 2.05) is 24.3 Å². The van der Waals surface area contributed by atoms with Crippen LogP contribution in [0.1, 0.15) is 11.5 Å². The summed E-state index contributed by atoms with van der Waals surface area (Å²) in [6, 6.07) is 14.7. The Bertz CT molecular complexity index is 643. The molecule has 5 heteroatoms. The van der Waals surface area contributed by atoms with Gasteiger partial charge in [-0.05, 0) is 30.3 Å². The van der Waals surface area contributed by atoms with Gasteiger partial charge in [-0.1, -0.05) is 29.8 Å². The number of carbonyl (C=O) groups is 1. The Hall–Kier alpha value is -2.20. The molecule has 0 bridgehead atoms. The van der Waals surface area contributed by atoms with Crippen LogP contribution in [0.25, 0.3) is 0 Å². The summed E-state index contributed by atoms with van der Waals surface area (Å²) in [5.74, 6) is 1.10. The predicted molar refractivity (Wildman–Crippen MR) is 83.2 cm³/mol. The van der Waals surface area contributed by atoms with Crippen LogP contribution in [0.2, 0.25) is 5.02 Å². The minimum atomic E-state index is -0.235. The Labute approximate surface area is 128 Å². The quantitative estimate of drug-likeness (QED) is 0.909. The first-order chi connectivity index (χ1) is 10.2. The highest BCUT2D eigenvalue weighted by Crippen LogP contribution is 2.32. The van der Waals surface area contributed by atoms with Gasteiger partial charge in [0.25, 0.3) is 0 Å². The number of ether oxygens (including phenoxy) is 1. The van der Waals surface area contributed by atoms with Crippen LogP contribution in [-0.2, 0) is 0 Å². The summed E-state index contributed by atoms with van der Waals surface area (Å²) < 4.78 is 5.59. The van der Waals surface area contributed by atoms with Crippen LogP contribution in [0.3, 0.4) is 0 Å². The molecule has 0 saturated carbocycles. The Morgan fingerprint density at radius 1 is 1.19 bits per heavy atom. The summed E-state index contributed by atoms with van der Waals surface area (Å²) in [5, 5.41) is 6.27. The zero-order valence-corrected chi connectivity index (χ0v) is 12.1. The fourth-order valence-corrected chi connectivity index (χ4v) is 2.45. The van der Waals surface area contributed by atoms with Crippen LogP contribution >= 0.6 is 11.6 Å². The maximum atomic E-state index is 11.9. The minimum absolute atomic E-state index is 0.192. The second-order valence-electron chi connectivity index (χ2n) is 4.89. The van der Waals surface area contributed by atoms with Crippen LogP contribution < -0.4 is 15.4 Å². The molecular weight excluding hydrogens is 288 g/mol. The van der Waals surface area contributed by atoms with Gasteiger partial charge >= 0.3 is 6.03 Å².